The lowest BCUT2D eigenvalue weighted by atomic mass is 10.0. The molecular formula is C21H27N7. The minimum atomic E-state index is 0.305. The van der Waals surface area contributed by atoms with Gasteiger partial charge in [-0.05, 0) is 32.3 Å². The van der Waals surface area contributed by atoms with Gasteiger partial charge in [0.2, 0.25) is 5.95 Å². The predicted molar refractivity (Wildman–Crippen MR) is 110 cm³/mol. The Balaban J connectivity index is 1.35. The maximum absolute atomic E-state index is 4.37. The first-order chi connectivity index (χ1) is 13.7. The number of nitrogens with one attached hydrogen (secondary N) is 1. The lowest BCUT2D eigenvalue weighted by molar-refractivity contribution is 0.172. The van der Waals surface area contributed by atoms with E-state index in [-0.39, 0.29) is 0 Å². The van der Waals surface area contributed by atoms with Crippen LogP contribution in [0.2, 0.25) is 0 Å². The fourth-order valence-electron chi connectivity index (χ4n) is 3.56. The summed E-state index contributed by atoms with van der Waals surface area (Å²) in [5.74, 6) is 0.636. The molecule has 1 aliphatic heterocycles. The molecule has 0 spiro atoms. The van der Waals surface area contributed by atoms with Crippen LogP contribution in [0.15, 0.2) is 48.9 Å². The molecule has 1 aromatic carbocycles. The van der Waals surface area contributed by atoms with Gasteiger partial charge in [-0.3, -0.25) is 4.90 Å². The van der Waals surface area contributed by atoms with Gasteiger partial charge in [0.05, 0.1) is 12.2 Å². The summed E-state index contributed by atoms with van der Waals surface area (Å²) in [6.45, 7) is 7.30. The highest BCUT2D eigenvalue weighted by molar-refractivity contribution is 5.55. The number of benzene rings is 1. The molecule has 4 rings (SSSR count). The number of piperidine rings is 1. The summed E-state index contributed by atoms with van der Waals surface area (Å²) in [4.78, 5) is 11.2. The Bertz CT molecular complexity index is 865. The van der Waals surface area contributed by atoms with Gasteiger partial charge in [-0.25, -0.2) is 14.6 Å². The Hall–Kier alpha value is -2.80. The van der Waals surface area contributed by atoms with Crippen LogP contribution in [0.5, 0.6) is 0 Å². The second-order valence-corrected chi connectivity index (χ2v) is 7.67. The van der Waals surface area contributed by atoms with Crippen molar-refractivity contribution in [1.82, 2.24) is 29.9 Å². The molecule has 0 amide bonds. The van der Waals surface area contributed by atoms with Crippen molar-refractivity contribution in [3.63, 3.8) is 0 Å². The average molecular weight is 377 g/mol. The van der Waals surface area contributed by atoms with Crippen molar-refractivity contribution in [1.29, 1.82) is 0 Å². The van der Waals surface area contributed by atoms with Crippen LogP contribution in [0.3, 0.4) is 0 Å². The van der Waals surface area contributed by atoms with Crippen LogP contribution in [0, 0.1) is 0 Å². The molecule has 0 bridgehead atoms. The molecule has 3 heterocycles. The normalized spacial score (nSPS) is 15.8. The molecule has 2 aromatic heterocycles. The van der Waals surface area contributed by atoms with Crippen molar-refractivity contribution in [3.05, 3.63) is 54.5 Å². The van der Waals surface area contributed by atoms with E-state index in [0.717, 1.165) is 43.7 Å². The van der Waals surface area contributed by atoms with Crippen molar-refractivity contribution >= 4 is 5.95 Å². The summed E-state index contributed by atoms with van der Waals surface area (Å²) in [5, 5.41) is 11.9. The Morgan fingerprint density at radius 2 is 1.79 bits per heavy atom. The summed E-state index contributed by atoms with van der Waals surface area (Å²) >= 11 is 0. The molecule has 0 unspecified atom stereocenters. The largest absolute Gasteiger partial charge is 0.352 e. The van der Waals surface area contributed by atoms with E-state index in [9.17, 15) is 0 Å². The van der Waals surface area contributed by atoms with E-state index in [0.29, 0.717) is 18.0 Å². The standard InChI is InChI=1S/C21H27N7/c1-16(2)24-21-22-12-18(13-23-21)20-15-28(26-25-20)19-8-10-27(11-9-19)14-17-6-4-3-5-7-17/h3-7,12-13,15-16,19H,8-11,14H2,1-2H3,(H,22,23,24). The van der Waals surface area contributed by atoms with E-state index < -0.39 is 0 Å². The Morgan fingerprint density at radius 1 is 1.07 bits per heavy atom. The average Bonchev–Trinajstić information content (AvgIpc) is 3.20. The first-order valence-electron chi connectivity index (χ1n) is 9.94. The van der Waals surface area contributed by atoms with Crippen LogP contribution in [0.25, 0.3) is 11.3 Å². The van der Waals surface area contributed by atoms with E-state index in [1.807, 2.05) is 10.9 Å². The summed E-state index contributed by atoms with van der Waals surface area (Å²) in [5.41, 5.74) is 3.09. The lowest BCUT2D eigenvalue weighted by Crippen LogP contribution is -2.34. The minimum Gasteiger partial charge on any atom is -0.352 e. The molecule has 28 heavy (non-hydrogen) atoms. The highest BCUT2D eigenvalue weighted by Crippen LogP contribution is 2.24. The molecule has 0 radical (unpaired) electrons. The number of nitrogens with zero attached hydrogens (tertiary/aromatic N) is 6. The SMILES string of the molecule is CC(C)Nc1ncc(-c2cn(C3CCN(Cc4ccccc4)CC3)nn2)cn1. The molecule has 1 aliphatic rings. The van der Waals surface area contributed by atoms with Crippen molar-refractivity contribution in [3.8, 4) is 11.3 Å². The van der Waals surface area contributed by atoms with E-state index in [2.05, 4.69) is 74.7 Å². The van der Waals surface area contributed by atoms with Gasteiger partial charge in [-0.2, -0.15) is 0 Å². The maximum Gasteiger partial charge on any atom is 0.222 e. The zero-order valence-corrected chi connectivity index (χ0v) is 16.5. The molecule has 7 nitrogen and oxygen atoms in total. The van der Waals surface area contributed by atoms with Gasteiger partial charge < -0.3 is 5.32 Å². The van der Waals surface area contributed by atoms with Crippen LogP contribution in [0.4, 0.5) is 5.95 Å². The van der Waals surface area contributed by atoms with Gasteiger partial charge >= 0.3 is 0 Å². The van der Waals surface area contributed by atoms with Crippen LogP contribution >= 0.6 is 0 Å². The maximum atomic E-state index is 4.37. The van der Waals surface area contributed by atoms with Crippen LogP contribution < -0.4 is 5.32 Å². The third-order valence-corrected chi connectivity index (χ3v) is 5.06. The third kappa shape index (κ3) is 4.54. The summed E-state index contributed by atoms with van der Waals surface area (Å²) < 4.78 is 2.01. The van der Waals surface area contributed by atoms with E-state index in [4.69, 9.17) is 0 Å². The summed E-state index contributed by atoms with van der Waals surface area (Å²) in [6.07, 6.45) is 7.79. The zero-order chi connectivity index (χ0) is 19.3. The van der Waals surface area contributed by atoms with Crippen molar-refractivity contribution in [2.45, 2.75) is 45.3 Å². The molecule has 3 aromatic rings. The molecular weight excluding hydrogens is 350 g/mol. The monoisotopic (exact) mass is 377 g/mol. The molecule has 0 aliphatic carbocycles. The molecule has 0 atom stereocenters. The van der Waals surface area contributed by atoms with E-state index in [1.54, 1.807) is 12.4 Å². The molecule has 1 saturated heterocycles. The van der Waals surface area contributed by atoms with Gasteiger partial charge in [0.25, 0.3) is 0 Å². The fraction of sp³-hybridized carbons (Fsp3) is 0.429. The number of rotatable bonds is 6. The van der Waals surface area contributed by atoms with Gasteiger partial charge in [-0.1, -0.05) is 35.5 Å². The topological polar surface area (TPSA) is 71.8 Å². The number of aromatic nitrogens is 5. The Labute approximate surface area is 165 Å². The first kappa shape index (κ1) is 18.6. The minimum absolute atomic E-state index is 0.305. The molecule has 7 heteroatoms. The summed E-state index contributed by atoms with van der Waals surface area (Å²) in [7, 11) is 0. The highest BCUT2D eigenvalue weighted by Gasteiger charge is 2.22. The second kappa shape index (κ2) is 8.48. The van der Waals surface area contributed by atoms with Crippen LogP contribution in [-0.2, 0) is 6.54 Å². The third-order valence-electron chi connectivity index (χ3n) is 5.06. The lowest BCUT2D eigenvalue weighted by Gasteiger charge is -2.31. The first-order valence-corrected chi connectivity index (χ1v) is 9.94. The van der Waals surface area contributed by atoms with Gasteiger partial charge in [0.1, 0.15) is 5.69 Å². The Morgan fingerprint density at radius 3 is 2.46 bits per heavy atom. The van der Waals surface area contributed by atoms with Gasteiger partial charge in [0.15, 0.2) is 0 Å². The molecule has 1 N–H and O–H groups in total. The zero-order valence-electron chi connectivity index (χ0n) is 16.5. The quantitative estimate of drug-likeness (QED) is 0.710. The van der Waals surface area contributed by atoms with Crippen LogP contribution in [-0.4, -0.2) is 49.0 Å². The van der Waals surface area contributed by atoms with E-state index >= 15 is 0 Å². The number of hydrogen-bond acceptors (Lipinski definition) is 6. The fourth-order valence-corrected chi connectivity index (χ4v) is 3.56. The molecule has 1 fully saturated rings. The molecule has 0 saturated carbocycles. The van der Waals surface area contributed by atoms with E-state index in [1.165, 1.54) is 5.56 Å². The van der Waals surface area contributed by atoms with Gasteiger partial charge in [0, 0.05) is 43.6 Å². The van der Waals surface area contributed by atoms with Gasteiger partial charge in [-0.15, -0.1) is 5.10 Å². The van der Waals surface area contributed by atoms with Crippen LogP contribution in [0.1, 0.15) is 38.3 Å². The number of anilines is 1. The number of likely N-dealkylation sites (tertiary alicyclic amines) is 1. The van der Waals surface area contributed by atoms with Crippen molar-refractivity contribution in [2.24, 2.45) is 0 Å². The Kier molecular flexibility index (Phi) is 5.62. The second-order valence-electron chi connectivity index (χ2n) is 7.67. The highest BCUT2D eigenvalue weighted by atomic mass is 15.4. The van der Waals surface area contributed by atoms with Crippen molar-refractivity contribution < 1.29 is 0 Å². The smallest absolute Gasteiger partial charge is 0.222 e. The predicted octanol–water partition coefficient (Wildman–Crippen LogP) is 3.39. The van der Waals surface area contributed by atoms with Crippen molar-refractivity contribution in [2.75, 3.05) is 18.4 Å². The number of hydrogen-bond donors (Lipinski definition) is 1. The molecule has 146 valence electrons. The summed E-state index contributed by atoms with van der Waals surface area (Å²) in [6, 6.07) is 11.4.